The van der Waals surface area contributed by atoms with Crippen LogP contribution in [-0.2, 0) is 37.7 Å². The van der Waals surface area contributed by atoms with Gasteiger partial charge in [0, 0.05) is 24.8 Å². The molecule has 0 aliphatic carbocycles. The van der Waals surface area contributed by atoms with E-state index in [-0.39, 0.29) is 19.3 Å². The van der Waals surface area contributed by atoms with E-state index in [0.29, 0.717) is 11.3 Å². The van der Waals surface area contributed by atoms with Crippen molar-refractivity contribution in [2.24, 2.45) is 0 Å². The highest BCUT2D eigenvalue weighted by molar-refractivity contribution is 7.50. The van der Waals surface area contributed by atoms with Crippen LogP contribution < -0.4 is 4.52 Å². The predicted octanol–water partition coefficient (Wildman–Crippen LogP) is 4.26. The lowest BCUT2D eigenvalue weighted by atomic mass is 9.80. The average molecular weight is 436 g/mol. The van der Waals surface area contributed by atoms with Crippen LogP contribution in [0.15, 0.2) is 84.9 Å². The molecule has 0 unspecified atom stereocenters. The van der Waals surface area contributed by atoms with Gasteiger partial charge in [0.25, 0.3) is 5.79 Å². The molecule has 2 bridgehead atoms. The number of para-hydroxylation sites is 1. The van der Waals surface area contributed by atoms with Gasteiger partial charge in [-0.15, -0.1) is 0 Å². The third-order valence-electron chi connectivity index (χ3n) is 5.57. The number of phosphoric ester groups is 1. The van der Waals surface area contributed by atoms with Gasteiger partial charge in [-0.1, -0.05) is 78.9 Å². The van der Waals surface area contributed by atoms with Gasteiger partial charge in [0.1, 0.15) is 11.4 Å². The van der Waals surface area contributed by atoms with Crippen LogP contribution in [0, 0.1) is 0 Å². The molecule has 0 atom stereocenters. The van der Waals surface area contributed by atoms with Gasteiger partial charge in [0.05, 0.1) is 0 Å². The van der Waals surface area contributed by atoms with Crippen LogP contribution in [0.25, 0.3) is 0 Å². The Hall–Kier alpha value is -2.76. The quantitative estimate of drug-likeness (QED) is 0.582. The van der Waals surface area contributed by atoms with Gasteiger partial charge in [-0.3, -0.25) is 4.79 Å². The van der Waals surface area contributed by atoms with Crippen molar-refractivity contribution in [3.63, 3.8) is 0 Å². The Morgan fingerprint density at radius 1 is 0.871 bits per heavy atom. The summed E-state index contributed by atoms with van der Waals surface area (Å²) in [6.07, 6.45) is 0.115. The molecule has 7 heteroatoms. The summed E-state index contributed by atoms with van der Waals surface area (Å²) in [6.45, 7) is 0. The summed E-state index contributed by atoms with van der Waals surface area (Å²) in [4.78, 5) is 13.8. The lowest BCUT2D eigenvalue weighted by Gasteiger charge is -2.44. The molecule has 1 N–H and O–H groups in total. The molecule has 0 aromatic heterocycles. The first kappa shape index (κ1) is 20.2. The molecule has 1 saturated heterocycles. The van der Waals surface area contributed by atoms with Crippen LogP contribution in [0.1, 0.15) is 16.7 Å². The number of phosphoric acid groups is 1. The number of ketones is 1. The normalized spacial score (nSPS) is 24.3. The molecule has 3 aliphatic rings. The molecule has 3 aliphatic heterocycles. The molecule has 3 aromatic rings. The van der Waals surface area contributed by atoms with E-state index in [9.17, 15) is 14.5 Å². The molecular formula is C24H21O6P. The number of hydrogen-bond acceptors (Lipinski definition) is 6. The summed E-state index contributed by atoms with van der Waals surface area (Å²) < 4.78 is 29.2. The third kappa shape index (κ3) is 3.73. The Bertz CT molecular complexity index is 1110. The van der Waals surface area contributed by atoms with E-state index in [1.165, 1.54) is 0 Å². The topological polar surface area (TPSA) is 82.1 Å². The zero-order chi connectivity index (χ0) is 21.5. The smallest absolute Gasteiger partial charge is 0.404 e. The Labute approximate surface area is 180 Å². The van der Waals surface area contributed by atoms with Gasteiger partial charge in [0.15, 0.2) is 0 Å². The maximum atomic E-state index is 13.8. The zero-order valence-electron chi connectivity index (χ0n) is 16.6. The highest BCUT2D eigenvalue weighted by atomic mass is 31.2. The highest BCUT2D eigenvalue weighted by Crippen LogP contribution is 2.68. The molecule has 6 nitrogen and oxygen atoms in total. The number of rotatable bonds is 6. The fraction of sp³-hybridized carbons (Fsp3) is 0.208. The van der Waals surface area contributed by atoms with Crippen molar-refractivity contribution in [2.75, 3.05) is 0 Å². The Kier molecular flexibility index (Phi) is 4.83. The second-order valence-electron chi connectivity index (χ2n) is 7.94. The predicted molar refractivity (Wildman–Crippen MR) is 114 cm³/mol. The number of Topliss-reactive ketones (excluding diaryl/α,β-unsaturated/α-hetero) is 1. The number of hydrogen-bond donors (Lipinski definition) is 1. The van der Waals surface area contributed by atoms with Crippen LogP contribution in [-0.4, -0.2) is 22.3 Å². The molecular weight excluding hydrogens is 415 g/mol. The van der Waals surface area contributed by atoms with Crippen LogP contribution in [0.2, 0.25) is 0 Å². The Balaban J connectivity index is 1.53. The molecule has 0 spiro atoms. The molecule has 3 aromatic carbocycles. The SMILES string of the molecule is O=C(C(O)(Cc1ccccc1)Cc1ccccc1)C12Cc3ccccc3OP(=O)(O1)O2. The van der Waals surface area contributed by atoms with E-state index in [1.807, 2.05) is 60.7 Å². The molecule has 158 valence electrons. The minimum atomic E-state index is -3.90. The average Bonchev–Trinajstić information content (AvgIpc) is 2.96. The van der Waals surface area contributed by atoms with Crippen LogP contribution in [0.5, 0.6) is 5.75 Å². The van der Waals surface area contributed by atoms with Gasteiger partial charge >= 0.3 is 7.82 Å². The fourth-order valence-corrected chi connectivity index (χ4v) is 5.71. The van der Waals surface area contributed by atoms with Crippen molar-refractivity contribution >= 4 is 13.6 Å². The number of carbonyl (C=O) groups excluding carboxylic acids is 1. The van der Waals surface area contributed by atoms with Crippen molar-refractivity contribution in [1.82, 2.24) is 0 Å². The van der Waals surface area contributed by atoms with Crippen molar-refractivity contribution < 1.29 is 28.0 Å². The fourth-order valence-electron chi connectivity index (χ4n) is 4.19. The van der Waals surface area contributed by atoms with Gasteiger partial charge in [-0.05, 0) is 17.2 Å². The van der Waals surface area contributed by atoms with Gasteiger partial charge in [-0.25, -0.2) is 13.6 Å². The molecule has 0 saturated carbocycles. The number of aliphatic hydroxyl groups is 1. The van der Waals surface area contributed by atoms with E-state index < -0.39 is 25.0 Å². The van der Waals surface area contributed by atoms with Crippen LogP contribution in [0.4, 0.5) is 0 Å². The molecule has 1 fully saturated rings. The van der Waals surface area contributed by atoms with Crippen LogP contribution >= 0.6 is 7.82 Å². The monoisotopic (exact) mass is 436 g/mol. The first-order valence-electron chi connectivity index (χ1n) is 10.0. The van der Waals surface area contributed by atoms with E-state index in [4.69, 9.17) is 13.6 Å². The van der Waals surface area contributed by atoms with Crippen molar-refractivity contribution in [3.8, 4) is 5.75 Å². The Morgan fingerprint density at radius 2 is 1.39 bits per heavy atom. The van der Waals surface area contributed by atoms with Crippen molar-refractivity contribution in [1.29, 1.82) is 0 Å². The molecule has 31 heavy (non-hydrogen) atoms. The van der Waals surface area contributed by atoms with Crippen molar-refractivity contribution in [2.45, 2.75) is 30.7 Å². The maximum absolute atomic E-state index is 13.8. The van der Waals surface area contributed by atoms with E-state index >= 15 is 0 Å². The zero-order valence-corrected chi connectivity index (χ0v) is 17.5. The minimum absolute atomic E-state index is 0.00210. The first-order chi connectivity index (χ1) is 14.9. The first-order valence-corrected chi connectivity index (χ1v) is 11.5. The van der Waals surface area contributed by atoms with E-state index in [1.54, 1.807) is 24.3 Å². The number of benzene rings is 3. The molecule has 0 amide bonds. The summed E-state index contributed by atoms with van der Waals surface area (Å²) in [5.74, 6) is -2.17. The van der Waals surface area contributed by atoms with Gasteiger partial charge < -0.3 is 9.63 Å². The summed E-state index contributed by atoms with van der Waals surface area (Å²) in [5.41, 5.74) is 0.373. The molecule has 3 heterocycles. The summed E-state index contributed by atoms with van der Waals surface area (Å²) >= 11 is 0. The standard InChI is InChI=1S/C24H21O6P/c25-22(24-17-20-13-7-8-14-21(20)28-31(27,29-24)30-24)23(26,15-18-9-3-1-4-10-18)16-19-11-5-2-6-12-19/h1-14,26H,15-17H2. The second kappa shape index (κ2) is 7.43. The second-order valence-corrected chi connectivity index (χ2v) is 9.39. The minimum Gasteiger partial charge on any atom is -0.404 e. The number of carbonyl (C=O) groups is 1. The Morgan fingerprint density at radius 3 is 1.97 bits per heavy atom. The maximum Gasteiger partial charge on any atom is 0.536 e. The van der Waals surface area contributed by atoms with Crippen molar-refractivity contribution in [3.05, 3.63) is 102 Å². The summed E-state index contributed by atoms with van der Waals surface area (Å²) in [5, 5.41) is 11.7. The third-order valence-corrected chi connectivity index (χ3v) is 7.03. The summed E-state index contributed by atoms with van der Waals surface area (Å²) in [7, 11) is -3.90. The van der Waals surface area contributed by atoms with Crippen LogP contribution in [0.3, 0.4) is 0 Å². The van der Waals surface area contributed by atoms with Gasteiger partial charge in [-0.2, -0.15) is 0 Å². The largest absolute Gasteiger partial charge is 0.536 e. The molecule has 6 rings (SSSR count). The van der Waals surface area contributed by atoms with E-state index in [0.717, 1.165) is 11.1 Å². The lowest BCUT2D eigenvalue weighted by Crippen LogP contribution is -2.61. The van der Waals surface area contributed by atoms with E-state index in [2.05, 4.69) is 0 Å². The molecule has 0 radical (unpaired) electrons. The van der Waals surface area contributed by atoms with Gasteiger partial charge in [0.2, 0.25) is 5.78 Å². The highest BCUT2D eigenvalue weighted by Gasteiger charge is 2.68. The lowest BCUT2D eigenvalue weighted by molar-refractivity contribution is -0.223. The summed E-state index contributed by atoms with van der Waals surface area (Å²) in [6, 6.07) is 25.5.